The molecule has 0 fully saturated rings. The molecule has 3 aromatic rings. The summed E-state index contributed by atoms with van der Waals surface area (Å²) in [6.07, 6.45) is 5.04. The second-order valence-electron chi connectivity index (χ2n) is 7.89. The molecule has 27 heavy (non-hydrogen) atoms. The number of likely N-dealkylation sites (N-methyl/N-ethyl adjacent to an activating group) is 1. The summed E-state index contributed by atoms with van der Waals surface area (Å²) in [6.45, 7) is 3.27. The summed E-state index contributed by atoms with van der Waals surface area (Å²) in [5.41, 5.74) is 8.63. The summed E-state index contributed by atoms with van der Waals surface area (Å²) in [6, 6.07) is 13.3. The van der Waals surface area contributed by atoms with E-state index in [1.807, 2.05) is 0 Å². The first kappa shape index (κ1) is 18.0. The van der Waals surface area contributed by atoms with Gasteiger partial charge in [0.2, 0.25) is 0 Å². The van der Waals surface area contributed by atoms with E-state index in [0.29, 0.717) is 0 Å². The molecular formula is C24H28N2O. The number of aromatic nitrogens is 1. The molecule has 1 aliphatic rings. The lowest BCUT2D eigenvalue weighted by atomic mass is 9.90. The third-order valence-electron chi connectivity index (χ3n) is 5.80. The van der Waals surface area contributed by atoms with Crippen LogP contribution in [0.15, 0.2) is 41.2 Å². The largest absolute Gasteiger partial charge is 0.322 e. The van der Waals surface area contributed by atoms with E-state index in [-0.39, 0.29) is 5.56 Å². The van der Waals surface area contributed by atoms with Gasteiger partial charge in [-0.1, -0.05) is 37.3 Å². The molecule has 0 radical (unpaired) electrons. The van der Waals surface area contributed by atoms with Crippen molar-refractivity contribution in [2.24, 2.45) is 0 Å². The van der Waals surface area contributed by atoms with E-state index in [1.165, 1.54) is 33.2 Å². The fraction of sp³-hybridized carbons (Fsp3) is 0.375. The van der Waals surface area contributed by atoms with Crippen molar-refractivity contribution in [3.05, 3.63) is 69.0 Å². The Morgan fingerprint density at radius 1 is 1.00 bits per heavy atom. The molecule has 3 nitrogen and oxygen atoms in total. The second kappa shape index (κ2) is 7.32. The molecule has 140 valence electrons. The Labute approximate surface area is 161 Å². The lowest BCUT2D eigenvalue weighted by Crippen LogP contribution is -2.15. The van der Waals surface area contributed by atoms with Crippen LogP contribution in [-0.4, -0.2) is 30.5 Å². The van der Waals surface area contributed by atoms with Crippen molar-refractivity contribution in [3.8, 4) is 11.1 Å². The molecule has 0 unspecified atom stereocenters. The molecule has 0 amide bonds. The van der Waals surface area contributed by atoms with Crippen molar-refractivity contribution in [1.29, 1.82) is 0 Å². The van der Waals surface area contributed by atoms with Crippen molar-refractivity contribution < 1.29 is 0 Å². The summed E-state index contributed by atoms with van der Waals surface area (Å²) in [5.74, 6) is 0. The summed E-state index contributed by atoms with van der Waals surface area (Å²) in [5, 5.41) is 1.27. The number of benzene rings is 2. The molecule has 1 aromatic heterocycles. The minimum Gasteiger partial charge on any atom is -0.322 e. The third-order valence-corrected chi connectivity index (χ3v) is 5.80. The SMILES string of the molecule is CCc1ccc2[nH]c(=O)c3c(c2c1-c1ccc(CCN(C)C)cc1)CCC3. The average molecular weight is 361 g/mol. The number of nitrogens with one attached hydrogen (secondary N) is 1. The minimum atomic E-state index is 0.101. The Bertz CT molecular complexity index is 1030. The van der Waals surface area contributed by atoms with Crippen molar-refractivity contribution in [2.75, 3.05) is 20.6 Å². The molecular weight excluding hydrogens is 332 g/mol. The normalized spacial score (nSPS) is 13.5. The van der Waals surface area contributed by atoms with E-state index in [1.54, 1.807) is 0 Å². The quantitative estimate of drug-likeness (QED) is 0.734. The first-order chi connectivity index (χ1) is 13.1. The van der Waals surface area contributed by atoms with Gasteiger partial charge in [-0.15, -0.1) is 0 Å². The molecule has 2 aromatic carbocycles. The number of pyridine rings is 1. The van der Waals surface area contributed by atoms with Gasteiger partial charge in [-0.2, -0.15) is 0 Å². The maximum absolute atomic E-state index is 12.4. The number of rotatable bonds is 5. The van der Waals surface area contributed by atoms with Crippen molar-refractivity contribution in [1.82, 2.24) is 9.88 Å². The van der Waals surface area contributed by atoms with E-state index in [0.717, 1.165) is 49.7 Å². The van der Waals surface area contributed by atoms with Gasteiger partial charge in [0, 0.05) is 23.0 Å². The predicted octanol–water partition coefficient (Wildman–Crippen LogP) is 4.35. The molecule has 4 rings (SSSR count). The van der Waals surface area contributed by atoms with Crippen LogP contribution in [0, 0.1) is 0 Å². The van der Waals surface area contributed by atoms with Crippen LogP contribution in [0.1, 0.15) is 35.6 Å². The van der Waals surface area contributed by atoms with Crippen molar-refractivity contribution >= 4 is 10.9 Å². The van der Waals surface area contributed by atoms with Gasteiger partial charge in [-0.25, -0.2) is 0 Å². The highest BCUT2D eigenvalue weighted by atomic mass is 16.1. The van der Waals surface area contributed by atoms with Gasteiger partial charge in [0.25, 0.3) is 5.56 Å². The molecule has 0 atom stereocenters. The Morgan fingerprint density at radius 3 is 2.44 bits per heavy atom. The van der Waals surface area contributed by atoms with Crippen molar-refractivity contribution in [3.63, 3.8) is 0 Å². The van der Waals surface area contributed by atoms with E-state index < -0.39 is 0 Å². The van der Waals surface area contributed by atoms with Crippen LogP contribution in [0.3, 0.4) is 0 Å². The number of aromatic amines is 1. The smallest absolute Gasteiger partial charge is 0.251 e. The summed E-state index contributed by atoms with van der Waals surface area (Å²) in [7, 11) is 4.22. The summed E-state index contributed by atoms with van der Waals surface area (Å²) in [4.78, 5) is 17.8. The molecule has 0 saturated carbocycles. The zero-order valence-electron chi connectivity index (χ0n) is 16.6. The number of hydrogen-bond acceptors (Lipinski definition) is 2. The van der Waals surface area contributed by atoms with E-state index >= 15 is 0 Å². The highest BCUT2D eigenvalue weighted by Crippen LogP contribution is 2.37. The zero-order chi connectivity index (χ0) is 19.0. The maximum Gasteiger partial charge on any atom is 0.251 e. The number of hydrogen-bond donors (Lipinski definition) is 1. The van der Waals surface area contributed by atoms with Crippen LogP contribution in [0.2, 0.25) is 0 Å². The number of aryl methyl sites for hydroxylation is 2. The predicted molar refractivity (Wildman–Crippen MR) is 114 cm³/mol. The van der Waals surface area contributed by atoms with Gasteiger partial charge in [0.05, 0.1) is 0 Å². The van der Waals surface area contributed by atoms with E-state index in [9.17, 15) is 4.79 Å². The van der Waals surface area contributed by atoms with Crippen LogP contribution in [-0.2, 0) is 25.7 Å². The Kier molecular flexibility index (Phi) is 4.88. The lowest BCUT2D eigenvalue weighted by molar-refractivity contribution is 0.413. The molecule has 1 heterocycles. The fourth-order valence-corrected chi connectivity index (χ4v) is 4.35. The number of fused-ring (bicyclic) bond motifs is 3. The topological polar surface area (TPSA) is 36.1 Å². The van der Waals surface area contributed by atoms with E-state index in [4.69, 9.17) is 0 Å². The minimum absolute atomic E-state index is 0.101. The Balaban J connectivity index is 1.88. The highest BCUT2D eigenvalue weighted by molar-refractivity contribution is 5.99. The van der Waals surface area contributed by atoms with Gasteiger partial charge in [-0.3, -0.25) is 4.79 Å². The molecule has 3 heteroatoms. The van der Waals surface area contributed by atoms with E-state index in [2.05, 4.69) is 67.3 Å². The Morgan fingerprint density at radius 2 is 1.74 bits per heavy atom. The van der Waals surface area contributed by atoms with Gasteiger partial charge < -0.3 is 9.88 Å². The summed E-state index contributed by atoms with van der Waals surface area (Å²) < 4.78 is 0. The lowest BCUT2D eigenvalue weighted by Gasteiger charge is -2.16. The van der Waals surface area contributed by atoms with Gasteiger partial charge in [-0.05, 0) is 80.1 Å². The van der Waals surface area contributed by atoms with Gasteiger partial charge in [0.1, 0.15) is 0 Å². The maximum atomic E-state index is 12.4. The van der Waals surface area contributed by atoms with Crippen LogP contribution < -0.4 is 5.56 Å². The number of nitrogens with zero attached hydrogens (tertiary/aromatic N) is 1. The molecule has 0 spiro atoms. The van der Waals surface area contributed by atoms with Gasteiger partial charge >= 0.3 is 0 Å². The third kappa shape index (κ3) is 3.32. The second-order valence-corrected chi connectivity index (χ2v) is 7.89. The Hall–Kier alpha value is -2.39. The van der Waals surface area contributed by atoms with Crippen LogP contribution in [0.5, 0.6) is 0 Å². The highest BCUT2D eigenvalue weighted by Gasteiger charge is 2.21. The standard InChI is InChI=1S/C24H28N2O/c1-4-17-12-13-21-23(19-6-5-7-20(19)24(27)25-21)22(17)18-10-8-16(9-11-18)14-15-26(2)3/h8-13H,4-7,14-15H2,1-3H3,(H,25,27). The summed E-state index contributed by atoms with van der Waals surface area (Å²) >= 11 is 0. The fourth-order valence-electron chi connectivity index (χ4n) is 4.35. The van der Waals surface area contributed by atoms with Gasteiger partial charge in [0.15, 0.2) is 0 Å². The van der Waals surface area contributed by atoms with Crippen LogP contribution in [0.25, 0.3) is 22.0 Å². The first-order valence-corrected chi connectivity index (χ1v) is 10.0. The molecule has 0 saturated heterocycles. The molecule has 0 bridgehead atoms. The van der Waals surface area contributed by atoms with Crippen LogP contribution in [0.4, 0.5) is 0 Å². The molecule has 0 aliphatic heterocycles. The molecule has 1 aliphatic carbocycles. The molecule has 1 N–H and O–H groups in total. The average Bonchev–Trinajstić information content (AvgIpc) is 3.16. The van der Waals surface area contributed by atoms with Crippen LogP contribution >= 0.6 is 0 Å². The monoisotopic (exact) mass is 360 g/mol. The van der Waals surface area contributed by atoms with Crippen molar-refractivity contribution in [2.45, 2.75) is 39.0 Å². The number of H-pyrrole nitrogens is 1. The zero-order valence-corrected chi connectivity index (χ0v) is 16.6. The first-order valence-electron chi connectivity index (χ1n) is 10.0.